The highest BCUT2D eigenvalue weighted by Crippen LogP contribution is 2.13. The van der Waals surface area contributed by atoms with Gasteiger partial charge in [-0.2, -0.15) is 0 Å². The molecular formula is C18H21NO5. The Kier molecular flexibility index (Phi) is 6.01. The fourth-order valence-electron chi connectivity index (χ4n) is 2.09. The van der Waals surface area contributed by atoms with E-state index in [9.17, 15) is 9.59 Å². The van der Waals surface area contributed by atoms with Gasteiger partial charge in [0.25, 0.3) is 5.91 Å². The van der Waals surface area contributed by atoms with E-state index in [1.165, 1.54) is 12.3 Å². The monoisotopic (exact) mass is 331 g/mol. The second-order valence-electron chi connectivity index (χ2n) is 5.61. The van der Waals surface area contributed by atoms with Crippen molar-refractivity contribution in [3.05, 3.63) is 54.0 Å². The number of hydrogen-bond donors (Lipinski definition) is 1. The van der Waals surface area contributed by atoms with Gasteiger partial charge in [-0.3, -0.25) is 4.79 Å². The molecule has 2 aromatic rings. The lowest BCUT2D eigenvalue weighted by atomic mass is 10.1. The predicted molar refractivity (Wildman–Crippen MR) is 87.6 cm³/mol. The quantitative estimate of drug-likeness (QED) is 0.789. The van der Waals surface area contributed by atoms with Gasteiger partial charge in [0.05, 0.1) is 13.4 Å². The summed E-state index contributed by atoms with van der Waals surface area (Å²) in [4.78, 5) is 24.3. The standard InChI is InChI=1S/C18H21NO5/c1-12(2)16(24-18(21)15-5-4-10-23-15)17(20)19-11-13-6-8-14(22-3)9-7-13/h4-10,12,16H,11H2,1-3H3,(H,19,20)/t16-/m0/s1. The summed E-state index contributed by atoms with van der Waals surface area (Å²) in [6, 6.07) is 10.4. The van der Waals surface area contributed by atoms with E-state index in [-0.39, 0.29) is 17.6 Å². The van der Waals surface area contributed by atoms with Gasteiger partial charge >= 0.3 is 5.97 Å². The first kappa shape index (κ1) is 17.6. The summed E-state index contributed by atoms with van der Waals surface area (Å²) in [5.41, 5.74) is 0.920. The number of hydrogen-bond acceptors (Lipinski definition) is 5. The van der Waals surface area contributed by atoms with Crippen LogP contribution in [-0.2, 0) is 16.1 Å². The molecule has 1 aromatic carbocycles. The first-order valence-corrected chi connectivity index (χ1v) is 7.66. The number of ether oxygens (including phenoxy) is 2. The number of benzene rings is 1. The molecule has 2 rings (SSSR count). The highest BCUT2D eigenvalue weighted by molar-refractivity contribution is 5.90. The normalized spacial score (nSPS) is 11.8. The molecule has 24 heavy (non-hydrogen) atoms. The van der Waals surface area contributed by atoms with E-state index in [1.807, 2.05) is 38.1 Å². The van der Waals surface area contributed by atoms with Crippen molar-refractivity contribution in [2.75, 3.05) is 7.11 Å². The molecule has 6 nitrogen and oxygen atoms in total. The topological polar surface area (TPSA) is 77.8 Å². The molecule has 1 amide bonds. The molecule has 0 spiro atoms. The Morgan fingerprint density at radius 3 is 2.42 bits per heavy atom. The van der Waals surface area contributed by atoms with E-state index in [4.69, 9.17) is 13.9 Å². The number of carbonyl (C=O) groups is 2. The van der Waals surface area contributed by atoms with Gasteiger partial charge in [-0.05, 0) is 35.7 Å². The third-order valence-electron chi connectivity index (χ3n) is 3.45. The lowest BCUT2D eigenvalue weighted by Gasteiger charge is -2.20. The van der Waals surface area contributed by atoms with Crippen LogP contribution in [0.1, 0.15) is 30.0 Å². The summed E-state index contributed by atoms with van der Waals surface area (Å²) in [5, 5.41) is 2.78. The predicted octanol–water partition coefficient (Wildman–Crippen LogP) is 2.79. The fourth-order valence-corrected chi connectivity index (χ4v) is 2.09. The Labute approximate surface area is 140 Å². The Morgan fingerprint density at radius 1 is 1.17 bits per heavy atom. The lowest BCUT2D eigenvalue weighted by molar-refractivity contribution is -0.132. The lowest BCUT2D eigenvalue weighted by Crippen LogP contribution is -2.40. The zero-order valence-electron chi connectivity index (χ0n) is 13.9. The summed E-state index contributed by atoms with van der Waals surface area (Å²) in [7, 11) is 1.59. The van der Waals surface area contributed by atoms with Crippen molar-refractivity contribution >= 4 is 11.9 Å². The van der Waals surface area contributed by atoms with Gasteiger partial charge in [-0.25, -0.2) is 4.79 Å². The van der Waals surface area contributed by atoms with Crippen LogP contribution in [0.2, 0.25) is 0 Å². The van der Waals surface area contributed by atoms with Crippen LogP contribution in [0.5, 0.6) is 5.75 Å². The average Bonchev–Trinajstić information content (AvgIpc) is 3.12. The molecule has 0 unspecified atom stereocenters. The molecule has 0 saturated carbocycles. The van der Waals surface area contributed by atoms with Crippen molar-refractivity contribution in [1.29, 1.82) is 0 Å². The molecule has 1 heterocycles. The largest absolute Gasteiger partial charge is 0.497 e. The number of amides is 1. The van der Waals surface area contributed by atoms with Crippen LogP contribution in [0.15, 0.2) is 47.1 Å². The van der Waals surface area contributed by atoms with Crippen LogP contribution in [0, 0.1) is 5.92 Å². The van der Waals surface area contributed by atoms with Crippen LogP contribution in [0.4, 0.5) is 0 Å². The van der Waals surface area contributed by atoms with Crippen molar-refractivity contribution in [3.63, 3.8) is 0 Å². The van der Waals surface area contributed by atoms with E-state index < -0.39 is 12.1 Å². The van der Waals surface area contributed by atoms with Crippen LogP contribution in [0.25, 0.3) is 0 Å². The Hall–Kier alpha value is -2.76. The second kappa shape index (κ2) is 8.19. The SMILES string of the molecule is COc1ccc(CNC(=O)[C@@H](OC(=O)c2ccco2)C(C)C)cc1. The van der Waals surface area contributed by atoms with E-state index in [0.29, 0.717) is 6.54 Å². The summed E-state index contributed by atoms with van der Waals surface area (Å²) in [5.74, 6) is -0.347. The van der Waals surface area contributed by atoms with Crippen molar-refractivity contribution in [2.24, 2.45) is 5.92 Å². The van der Waals surface area contributed by atoms with E-state index in [1.54, 1.807) is 13.2 Å². The molecule has 1 aromatic heterocycles. The van der Waals surface area contributed by atoms with Crippen LogP contribution in [-0.4, -0.2) is 25.1 Å². The van der Waals surface area contributed by atoms with E-state index in [2.05, 4.69) is 5.32 Å². The number of esters is 1. The summed E-state index contributed by atoms with van der Waals surface area (Å²) >= 11 is 0. The van der Waals surface area contributed by atoms with Gasteiger partial charge in [-0.1, -0.05) is 26.0 Å². The highest BCUT2D eigenvalue weighted by atomic mass is 16.6. The average molecular weight is 331 g/mol. The third-order valence-corrected chi connectivity index (χ3v) is 3.45. The van der Waals surface area contributed by atoms with Gasteiger partial charge in [0.1, 0.15) is 5.75 Å². The van der Waals surface area contributed by atoms with E-state index in [0.717, 1.165) is 11.3 Å². The van der Waals surface area contributed by atoms with Gasteiger partial charge in [0.2, 0.25) is 5.76 Å². The minimum absolute atomic E-state index is 0.0728. The number of rotatable bonds is 7. The zero-order chi connectivity index (χ0) is 17.5. The Bertz CT molecular complexity index is 661. The van der Waals surface area contributed by atoms with Crippen LogP contribution < -0.4 is 10.1 Å². The third kappa shape index (κ3) is 4.62. The maximum absolute atomic E-state index is 12.3. The number of furan rings is 1. The molecule has 0 aliphatic rings. The number of nitrogens with one attached hydrogen (secondary N) is 1. The van der Waals surface area contributed by atoms with Crippen molar-refractivity contribution < 1.29 is 23.5 Å². The zero-order valence-corrected chi connectivity index (χ0v) is 13.9. The molecule has 0 aliphatic carbocycles. The van der Waals surface area contributed by atoms with Crippen LogP contribution >= 0.6 is 0 Å². The Balaban J connectivity index is 1.94. The van der Waals surface area contributed by atoms with Crippen LogP contribution in [0.3, 0.4) is 0 Å². The molecule has 1 atom stereocenters. The highest BCUT2D eigenvalue weighted by Gasteiger charge is 2.27. The summed E-state index contributed by atoms with van der Waals surface area (Å²) in [6.45, 7) is 3.96. The molecule has 128 valence electrons. The summed E-state index contributed by atoms with van der Waals surface area (Å²) in [6.07, 6.45) is 0.492. The molecule has 6 heteroatoms. The van der Waals surface area contributed by atoms with Crippen molar-refractivity contribution in [1.82, 2.24) is 5.32 Å². The van der Waals surface area contributed by atoms with Crippen molar-refractivity contribution in [2.45, 2.75) is 26.5 Å². The first-order chi connectivity index (χ1) is 11.5. The van der Waals surface area contributed by atoms with E-state index >= 15 is 0 Å². The van der Waals surface area contributed by atoms with Crippen molar-refractivity contribution in [3.8, 4) is 5.75 Å². The molecule has 0 fully saturated rings. The maximum Gasteiger partial charge on any atom is 0.375 e. The Morgan fingerprint density at radius 2 is 1.88 bits per heavy atom. The molecule has 0 bridgehead atoms. The van der Waals surface area contributed by atoms with Gasteiger partial charge in [0, 0.05) is 6.54 Å². The summed E-state index contributed by atoms with van der Waals surface area (Å²) < 4.78 is 15.4. The van der Waals surface area contributed by atoms with Gasteiger partial charge in [-0.15, -0.1) is 0 Å². The number of carbonyl (C=O) groups excluding carboxylic acids is 2. The van der Waals surface area contributed by atoms with Gasteiger partial charge in [0.15, 0.2) is 6.10 Å². The molecule has 0 saturated heterocycles. The smallest absolute Gasteiger partial charge is 0.375 e. The molecule has 0 radical (unpaired) electrons. The molecule has 1 N–H and O–H groups in total. The first-order valence-electron chi connectivity index (χ1n) is 7.66. The maximum atomic E-state index is 12.3. The minimum atomic E-state index is -0.888. The fraction of sp³-hybridized carbons (Fsp3) is 0.333. The molecule has 0 aliphatic heterocycles. The van der Waals surface area contributed by atoms with Gasteiger partial charge < -0.3 is 19.2 Å². The second-order valence-corrected chi connectivity index (χ2v) is 5.61. The molecular weight excluding hydrogens is 310 g/mol. The number of methoxy groups -OCH3 is 1. The minimum Gasteiger partial charge on any atom is -0.497 e.